The van der Waals surface area contributed by atoms with Crippen LogP contribution in [0.4, 0.5) is 0 Å². The summed E-state index contributed by atoms with van der Waals surface area (Å²) in [4.78, 5) is 25.0. The third-order valence-corrected chi connectivity index (χ3v) is 5.81. The zero-order valence-corrected chi connectivity index (χ0v) is 18.9. The van der Waals surface area contributed by atoms with Crippen LogP contribution < -0.4 is 20.4 Å². The van der Waals surface area contributed by atoms with E-state index in [1.807, 2.05) is 26.8 Å². The maximum Gasteiger partial charge on any atom is 0.339 e. The molecule has 164 valence electrons. The van der Waals surface area contributed by atoms with Crippen molar-refractivity contribution in [3.05, 3.63) is 33.2 Å². The Balaban J connectivity index is 1.93. The number of amides is 1. The monoisotopic (exact) mass is 415 g/mol. The van der Waals surface area contributed by atoms with Crippen LogP contribution in [0.15, 0.2) is 15.3 Å². The van der Waals surface area contributed by atoms with Crippen LogP contribution in [0, 0.1) is 12.8 Å². The molecule has 2 aromatic rings. The van der Waals surface area contributed by atoms with Crippen molar-refractivity contribution in [3.63, 3.8) is 0 Å². The molecule has 3 rings (SSSR count). The zero-order valence-electron chi connectivity index (χ0n) is 18.9. The van der Waals surface area contributed by atoms with E-state index in [1.165, 1.54) is 0 Å². The fourth-order valence-electron chi connectivity index (χ4n) is 3.96. The lowest BCUT2D eigenvalue weighted by molar-refractivity contribution is -0.121. The smallest absolute Gasteiger partial charge is 0.339 e. The third-order valence-electron chi connectivity index (χ3n) is 5.81. The Morgan fingerprint density at radius 1 is 1.33 bits per heavy atom. The molecule has 0 radical (unpaired) electrons. The Hall–Kier alpha value is -2.50. The van der Waals surface area contributed by atoms with Crippen LogP contribution in [-0.2, 0) is 17.6 Å². The number of carbonyl (C=O) groups excluding carboxylic acids is 1. The first-order valence-corrected chi connectivity index (χ1v) is 10.7. The van der Waals surface area contributed by atoms with E-state index in [0.29, 0.717) is 41.5 Å². The number of benzene rings is 1. The maximum atomic E-state index is 12.8. The molecule has 0 fully saturated rings. The Morgan fingerprint density at radius 3 is 2.73 bits per heavy atom. The number of fused-ring (bicyclic) bond motifs is 3. The van der Waals surface area contributed by atoms with Gasteiger partial charge in [-0.25, -0.2) is 4.79 Å². The summed E-state index contributed by atoms with van der Waals surface area (Å²) in [6.07, 6.45) is 3.12. The molecular weight excluding hydrogens is 382 g/mol. The van der Waals surface area contributed by atoms with Gasteiger partial charge in [0.2, 0.25) is 5.91 Å². The molecule has 1 amide bonds. The first kappa shape index (κ1) is 22.2. The second kappa shape index (κ2) is 8.70. The number of hydrogen-bond donors (Lipinski definition) is 1. The number of nitrogens with one attached hydrogen (secondary N) is 1. The van der Waals surface area contributed by atoms with Gasteiger partial charge in [-0.3, -0.25) is 4.79 Å². The maximum absolute atomic E-state index is 12.8. The molecule has 1 aromatic carbocycles. The minimum absolute atomic E-state index is 0.0532. The summed E-state index contributed by atoms with van der Waals surface area (Å²) in [6, 6.07) is 1.88. The molecule has 0 spiro atoms. The normalized spacial score (nSPS) is 15.0. The Kier molecular flexibility index (Phi) is 6.44. The Morgan fingerprint density at radius 2 is 2.07 bits per heavy atom. The van der Waals surface area contributed by atoms with Crippen LogP contribution in [0.2, 0.25) is 0 Å². The van der Waals surface area contributed by atoms with E-state index in [-0.39, 0.29) is 17.9 Å². The molecule has 6 nitrogen and oxygen atoms in total. The van der Waals surface area contributed by atoms with E-state index in [2.05, 4.69) is 19.2 Å². The summed E-state index contributed by atoms with van der Waals surface area (Å²) in [5, 5.41) is 3.71. The summed E-state index contributed by atoms with van der Waals surface area (Å²) in [5.41, 5.74) is 2.10. The molecule has 2 heterocycles. The third kappa shape index (κ3) is 4.63. The van der Waals surface area contributed by atoms with Gasteiger partial charge in [0.05, 0.1) is 12.5 Å². The van der Waals surface area contributed by atoms with E-state index in [4.69, 9.17) is 13.9 Å². The first-order chi connectivity index (χ1) is 14.1. The van der Waals surface area contributed by atoms with Crippen molar-refractivity contribution in [2.24, 2.45) is 5.92 Å². The van der Waals surface area contributed by atoms with E-state index < -0.39 is 5.63 Å². The second-order valence-electron chi connectivity index (χ2n) is 9.15. The van der Waals surface area contributed by atoms with Crippen molar-refractivity contribution < 1.29 is 18.7 Å². The fourth-order valence-corrected chi connectivity index (χ4v) is 3.96. The van der Waals surface area contributed by atoms with Gasteiger partial charge in [-0.1, -0.05) is 13.8 Å². The van der Waals surface area contributed by atoms with Crippen LogP contribution in [0.5, 0.6) is 11.5 Å². The average Bonchev–Trinajstić information content (AvgIpc) is 2.65. The van der Waals surface area contributed by atoms with Crippen LogP contribution in [0.25, 0.3) is 11.0 Å². The van der Waals surface area contributed by atoms with E-state index in [9.17, 15) is 9.59 Å². The summed E-state index contributed by atoms with van der Waals surface area (Å²) in [5.74, 6) is 1.80. The van der Waals surface area contributed by atoms with Gasteiger partial charge in [0.1, 0.15) is 22.7 Å². The molecule has 1 N–H and O–H groups in total. The quantitative estimate of drug-likeness (QED) is 0.682. The van der Waals surface area contributed by atoms with Gasteiger partial charge < -0.3 is 19.2 Å². The molecule has 0 aliphatic carbocycles. The highest BCUT2D eigenvalue weighted by molar-refractivity contribution is 5.92. The predicted molar refractivity (Wildman–Crippen MR) is 118 cm³/mol. The van der Waals surface area contributed by atoms with Crippen molar-refractivity contribution >= 4 is 16.9 Å². The van der Waals surface area contributed by atoms with Gasteiger partial charge in [0, 0.05) is 30.2 Å². The molecule has 1 aromatic heterocycles. The molecule has 0 bridgehead atoms. The lowest BCUT2D eigenvalue weighted by Crippen LogP contribution is -2.32. The van der Waals surface area contributed by atoms with Crippen molar-refractivity contribution in [3.8, 4) is 11.5 Å². The number of methoxy groups -OCH3 is 1. The Bertz CT molecular complexity index is 1000. The fraction of sp³-hybridized carbons (Fsp3) is 0.583. The highest BCUT2D eigenvalue weighted by Crippen LogP contribution is 2.43. The predicted octanol–water partition coefficient (Wildman–Crippen LogP) is 4.31. The number of hydrogen-bond acceptors (Lipinski definition) is 5. The van der Waals surface area contributed by atoms with E-state index >= 15 is 0 Å². The highest BCUT2D eigenvalue weighted by Gasteiger charge is 2.31. The van der Waals surface area contributed by atoms with Crippen LogP contribution in [0.1, 0.15) is 63.6 Å². The van der Waals surface area contributed by atoms with Crippen molar-refractivity contribution in [1.82, 2.24) is 5.32 Å². The standard InChI is InChI=1S/C24H33NO5/c1-14(2)10-12-25-20(26)8-7-16-15(3)21-19(28-6)13-18-17(22(21)29-23(16)27)9-11-24(4,5)30-18/h13-14H,7-12H2,1-6H3,(H,25,26). The molecule has 0 atom stereocenters. The van der Waals surface area contributed by atoms with Gasteiger partial charge >= 0.3 is 5.63 Å². The Labute approximate surface area is 177 Å². The van der Waals surface area contributed by atoms with Crippen LogP contribution >= 0.6 is 0 Å². The number of aryl methyl sites for hydroxylation is 2. The summed E-state index contributed by atoms with van der Waals surface area (Å²) in [7, 11) is 1.60. The molecule has 6 heteroatoms. The number of ether oxygens (including phenoxy) is 2. The number of rotatable bonds is 7. The number of carbonyl (C=O) groups is 1. The molecule has 1 aliphatic rings. The molecule has 1 aliphatic heterocycles. The van der Waals surface area contributed by atoms with Gasteiger partial charge in [-0.15, -0.1) is 0 Å². The molecule has 0 saturated heterocycles. The average molecular weight is 416 g/mol. The SMILES string of the molecule is COc1cc2c(c3oc(=O)c(CCC(=O)NCCC(C)C)c(C)c13)CCC(C)(C)O2. The minimum atomic E-state index is -0.393. The second-order valence-corrected chi connectivity index (χ2v) is 9.15. The molecular formula is C24H33NO5. The highest BCUT2D eigenvalue weighted by atomic mass is 16.5. The lowest BCUT2D eigenvalue weighted by Gasteiger charge is -2.33. The van der Waals surface area contributed by atoms with Crippen molar-refractivity contribution in [2.45, 2.75) is 72.3 Å². The van der Waals surface area contributed by atoms with Crippen LogP contribution in [-0.4, -0.2) is 25.2 Å². The van der Waals surface area contributed by atoms with Crippen molar-refractivity contribution in [2.75, 3.05) is 13.7 Å². The van der Waals surface area contributed by atoms with Gasteiger partial charge in [-0.05, 0) is 57.9 Å². The van der Waals surface area contributed by atoms with E-state index in [1.54, 1.807) is 7.11 Å². The van der Waals surface area contributed by atoms with Crippen molar-refractivity contribution in [1.29, 1.82) is 0 Å². The minimum Gasteiger partial charge on any atom is -0.496 e. The van der Waals surface area contributed by atoms with E-state index in [0.717, 1.165) is 35.8 Å². The van der Waals surface area contributed by atoms with Gasteiger partial charge in [-0.2, -0.15) is 0 Å². The topological polar surface area (TPSA) is 77.8 Å². The van der Waals surface area contributed by atoms with Crippen LogP contribution in [0.3, 0.4) is 0 Å². The van der Waals surface area contributed by atoms with Gasteiger partial charge in [0.15, 0.2) is 0 Å². The molecule has 0 unspecified atom stereocenters. The summed E-state index contributed by atoms with van der Waals surface area (Å²) >= 11 is 0. The zero-order chi connectivity index (χ0) is 22.1. The summed E-state index contributed by atoms with van der Waals surface area (Å²) in [6.45, 7) is 10.9. The summed E-state index contributed by atoms with van der Waals surface area (Å²) < 4.78 is 17.5. The largest absolute Gasteiger partial charge is 0.496 e. The molecule has 30 heavy (non-hydrogen) atoms. The van der Waals surface area contributed by atoms with Gasteiger partial charge in [0.25, 0.3) is 0 Å². The lowest BCUT2D eigenvalue weighted by atomic mass is 9.91. The first-order valence-electron chi connectivity index (χ1n) is 10.7. The molecule has 0 saturated carbocycles.